The minimum atomic E-state index is 0.00684. The third-order valence-electron chi connectivity index (χ3n) is 10.0. The van der Waals surface area contributed by atoms with Gasteiger partial charge in [-0.2, -0.15) is 0 Å². The Morgan fingerprint density at radius 3 is 2.42 bits per heavy atom. The Labute approximate surface area is 194 Å². The van der Waals surface area contributed by atoms with Gasteiger partial charge in [-0.05, 0) is 113 Å². The molecule has 0 bridgehead atoms. The van der Waals surface area contributed by atoms with E-state index in [0.717, 1.165) is 30.3 Å². The molecular weight excluding hydrogens is 380 g/mol. The van der Waals surface area contributed by atoms with Crippen LogP contribution >= 0.6 is 0 Å². The molecule has 0 aromatic heterocycles. The van der Waals surface area contributed by atoms with Crippen LogP contribution in [-0.2, 0) is 4.74 Å². The average molecular weight is 435 g/mol. The summed E-state index contributed by atoms with van der Waals surface area (Å²) in [6, 6.07) is 0. The number of aliphatic hydroxyl groups excluding tert-OH is 1. The van der Waals surface area contributed by atoms with Crippen LogP contribution in [0.3, 0.4) is 0 Å². The summed E-state index contributed by atoms with van der Waals surface area (Å²) in [6.07, 6.45) is 14.8. The Balaban J connectivity index is 0.00000107. The fourth-order valence-corrected chi connectivity index (χ4v) is 7.96. The molecule has 1 heterocycles. The van der Waals surface area contributed by atoms with Gasteiger partial charge >= 0.3 is 0 Å². The summed E-state index contributed by atoms with van der Waals surface area (Å²) in [7, 11) is 0. The molecule has 3 fully saturated rings. The van der Waals surface area contributed by atoms with Crippen molar-refractivity contribution in [3.05, 3.63) is 12.7 Å². The van der Waals surface area contributed by atoms with Gasteiger partial charge in [0.05, 0.1) is 5.60 Å². The van der Waals surface area contributed by atoms with E-state index in [4.69, 9.17) is 4.74 Å². The lowest BCUT2D eigenvalue weighted by Crippen LogP contribution is -2.52. The van der Waals surface area contributed by atoms with E-state index in [0.29, 0.717) is 17.9 Å². The second-order valence-corrected chi connectivity index (χ2v) is 12.1. The second-order valence-electron chi connectivity index (χ2n) is 12.1. The van der Waals surface area contributed by atoms with Crippen LogP contribution < -0.4 is 0 Å². The van der Waals surface area contributed by atoms with Gasteiger partial charge in [-0.25, -0.2) is 0 Å². The monoisotopic (exact) mass is 434 g/mol. The van der Waals surface area contributed by atoms with Crippen molar-refractivity contribution in [1.29, 1.82) is 0 Å². The standard InChI is InChI=1S/C26H48O2.C3H6/c1-7-9-23-24(4,5)28-17-16-25(23,6)20(3)11-12-21-19(2)13-15-26(18-27)14-8-10-22(21)26;1-3-2/h19-23,27H,7-18H2,1-6H3;3H,1H2,2H3/t19?,20?,21-,22?,23?,25+,26+;/m0./s1. The third kappa shape index (κ3) is 5.60. The fraction of sp³-hybridized carbons (Fsp3) is 0.931. The minimum Gasteiger partial charge on any atom is -0.396 e. The Bertz CT molecular complexity index is 555. The van der Waals surface area contributed by atoms with Crippen LogP contribution in [0.5, 0.6) is 0 Å². The molecule has 0 aromatic rings. The minimum absolute atomic E-state index is 0.00684. The number of hydrogen-bond acceptors (Lipinski definition) is 2. The molecule has 0 spiro atoms. The van der Waals surface area contributed by atoms with Gasteiger partial charge < -0.3 is 9.84 Å². The van der Waals surface area contributed by atoms with E-state index in [1.807, 2.05) is 6.92 Å². The predicted octanol–water partition coefficient (Wildman–Crippen LogP) is 8.04. The smallest absolute Gasteiger partial charge is 0.0659 e. The van der Waals surface area contributed by atoms with Crippen LogP contribution in [-0.4, -0.2) is 23.9 Å². The molecule has 0 amide bonds. The number of allylic oxidation sites excluding steroid dienone is 1. The van der Waals surface area contributed by atoms with Gasteiger partial charge in [0.2, 0.25) is 0 Å². The summed E-state index contributed by atoms with van der Waals surface area (Å²) >= 11 is 0. The van der Waals surface area contributed by atoms with Gasteiger partial charge in [0.25, 0.3) is 0 Å². The largest absolute Gasteiger partial charge is 0.396 e. The van der Waals surface area contributed by atoms with Gasteiger partial charge in [0, 0.05) is 13.2 Å². The zero-order valence-corrected chi connectivity index (χ0v) is 22.0. The van der Waals surface area contributed by atoms with Crippen LogP contribution in [0.1, 0.15) is 113 Å². The molecule has 2 nitrogen and oxygen atoms in total. The Kier molecular flexibility index (Phi) is 9.71. The second kappa shape index (κ2) is 11.2. The molecule has 3 rings (SSSR count). The van der Waals surface area contributed by atoms with Gasteiger partial charge in [0.15, 0.2) is 0 Å². The van der Waals surface area contributed by atoms with Crippen molar-refractivity contribution in [1.82, 2.24) is 0 Å². The molecule has 1 aliphatic heterocycles. The Morgan fingerprint density at radius 2 is 1.81 bits per heavy atom. The van der Waals surface area contributed by atoms with Gasteiger partial charge in [0.1, 0.15) is 0 Å². The van der Waals surface area contributed by atoms with Crippen molar-refractivity contribution in [3.63, 3.8) is 0 Å². The first-order chi connectivity index (χ1) is 14.6. The molecule has 0 aromatic carbocycles. The zero-order valence-electron chi connectivity index (χ0n) is 22.0. The first-order valence-electron chi connectivity index (χ1n) is 13.4. The van der Waals surface area contributed by atoms with E-state index in [-0.39, 0.29) is 11.0 Å². The zero-order chi connectivity index (χ0) is 23.3. The van der Waals surface area contributed by atoms with Crippen LogP contribution in [0.2, 0.25) is 0 Å². The lowest BCUT2D eigenvalue weighted by atomic mass is 9.56. The lowest BCUT2D eigenvalue weighted by Gasteiger charge is -2.54. The normalized spacial score (nSPS) is 40.4. The van der Waals surface area contributed by atoms with Crippen molar-refractivity contribution in [2.75, 3.05) is 13.2 Å². The highest BCUT2D eigenvalue weighted by Crippen LogP contribution is 2.58. The molecule has 1 saturated heterocycles. The SMILES string of the molecule is C=CC.CCCC1C(C)(C)OCC[C@]1(C)C(C)CC[C@H]1C(C)CC[C@@]2(CO)CCCC12. The summed E-state index contributed by atoms with van der Waals surface area (Å²) in [4.78, 5) is 0. The maximum Gasteiger partial charge on any atom is 0.0659 e. The third-order valence-corrected chi connectivity index (χ3v) is 10.0. The number of ether oxygens (including phenoxy) is 1. The van der Waals surface area contributed by atoms with E-state index in [9.17, 15) is 5.11 Å². The van der Waals surface area contributed by atoms with Crippen molar-refractivity contribution in [2.45, 2.75) is 118 Å². The summed E-state index contributed by atoms with van der Waals surface area (Å²) in [6.45, 7) is 21.2. The topological polar surface area (TPSA) is 29.5 Å². The van der Waals surface area contributed by atoms with Gasteiger partial charge in [-0.15, -0.1) is 6.58 Å². The first kappa shape index (κ1) is 26.9. The fourth-order valence-electron chi connectivity index (χ4n) is 7.96. The number of rotatable bonds is 7. The maximum absolute atomic E-state index is 10.2. The van der Waals surface area contributed by atoms with E-state index >= 15 is 0 Å². The van der Waals surface area contributed by atoms with E-state index in [1.165, 1.54) is 64.2 Å². The molecule has 3 aliphatic rings. The van der Waals surface area contributed by atoms with E-state index in [1.54, 1.807) is 6.08 Å². The lowest BCUT2D eigenvalue weighted by molar-refractivity contribution is -0.170. The molecular formula is C29H54O2. The van der Waals surface area contributed by atoms with Crippen molar-refractivity contribution in [3.8, 4) is 0 Å². The summed E-state index contributed by atoms with van der Waals surface area (Å²) < 4.78 is 6.24. The quantitative estimate of drug-likeness (QED) is 0.411. The van der Waals surface area contributed by atoms with Crippen molar-refractivity contribution in [2.24, 2.45) is 40.4 Å². The summed E-state index contributed by atoms with van der Waals surface area (Å²) in [5.74, 6) is 3.83. The number of hydrogen-bond donors (Lipinski definition) is 1. The van der Waals surface area contributed by atoms with Crippen LogP contribution in [0, 0.1) is 40.4 Å². The van der Waals surface area contributed by atoms with Gasteiger partial charge in [-0.3, -0.25) is 0 Å². The molecule has 0 radical (unpaired) electrons. The molecule has 7 atom stereocenters. The summed E-state index contributed by atoms with van der Waals surface area (Å²) in [5, 5.41) is 10.2. The highest BCUT2D eigenvalue weighted by atomic mass is 16.5. The van der Waals surface area contributed by atoms with E-state index in [2.05, 4.69) is 48.1 Å². The maximum atomic E-state index is 10.2. The molecule has 2 aliphatic carbocycles. The Morgan fingerprint density at radius 1 is 1.13 bits per heavy atom. The number of aliphatic hydroxyl groups is 1. The molecule has 2 heteroatoms. The summed E-state index contributed by atoms with van der Waals surface area (Å²) in [5.41, 5.74) is 0.669. The van der Waals surface area contributed by atoms with E-state index < -0.39 is 0 Å². The molecule has 31 heavy (non-hydrogen) atoms. The highest BCUT2D eigenvalue weighted by Gasteiger charge is 2.52. The predicted molar refractivity (Wildman–Crippen MR) is 134 cm³/mol. The highest BCUT2D eigenvalue weighted by molar-refractivity contribution is 5.01. The molecule has 2 saturated carbocycles. The van der Waals surface area contributed by atoms with Crippen molar-refractivity contribution < 1.29 is 9.84 Å². The average Bonchev–Trinajstić information content (AvgIpc) is 3.15. The Hall–Kier alpha value is -0.340. The van der Waals surface area contributed by atoms with Crippen molar-refractivity contribution >= 4 is 0 Å². The first-order valence-corrected chi connectivity index (χ1v) is 13.4. The molecule has 4 unspecified atom stereocenters. The van der Waals surface area contributed by atoms with Crippen LogP contribution in [0.25, 0.3) is 0 Å². The molecule has 182 valence electrons. The molecule has 1 N–H and O–H groups in total. The van der Waals surface area contributed by atoms with Gasteiger partial charge in [-0.1, -0.05) is 46.6 Å². The van der Waals surface area contributed by atoms with Crippen LogP contribution in [0.4, 0.5) is 0 Å². The number of fused-ring (bicyclic) bond motifs is 1. The van der Waals surface area contributed by atoms with Crippen LogP contribution in [0.15, 0.2) is 12.7 Å².